The lowest BCUT2D eigenvalue weighted by Gasteiger charge is -2.31. The van der Waals surface area contributed by atoms with Crippen LogP contribution in [0, 0.1) is 0 Å². The molecule has 1 aromatic carbocycles. The summed E-state index contributed by atoms with van der Waals surface area (Å²) in [6.45, 7) is 2.79. The van der Waals surface area contributed by atoms with Crippen molar-refractivity contribution < 1.29 is 13.2 Å². The van der Waals surface area contributed by atoms with Gasteiger partial charge in [-0.25, -0.2) is 13.4 Å². The van der Waals surface area contributed by atoms with Crippen molar-refractivity contribution in [2.75, 3.05) is 42.7 Å². The predicted octanol–water partition coefficient (Wildman–Crippen LogP) is 4.22. The minimum absolute atomic E-state index is 0.182. The van der Waals surface area contributed by atoms with Crippen molar-refractivity contribution in [3.63, 3.8) is 0 Å². The molecule has 0 unspecified atom stereocenters. The molecular formula is C23H30N4O3S2. The molecular weight excluding hydrogens is 444 g/mol. The number of amides is 1. The molecule has 0 atom stereocenters. The standard InChI is InChI=1S/C23H30N4O3S2/c1-31-22-11-8-18(17-24-22)25-23(28)20-16-19(32(29,30)27-14-6-3-7-15-27)9-10-21(20)26-12-4-2-5-13-26/h8-11,16-17H,2-7,12-15H2,1H3,(H,25,28). The first-order valence-corrected chi connectivity index (χ1v) is 13.9. The number of anilines is 2. The number of hydrogen-bond donors (Lipinski definition) is 1. The fraction of sp³-hybridized carbons (Fsp3) is 0.478. The summed E-state index contributed by atoms with van der Waals surface area (Å²) in [5.41, 5.74) is 1.76. The Balaban J connectivity index is 1.67. The van der Waals surface area contributed by atoms with Gasteiger partial charge in [0.15, 0.2) is 0 Å². The van der Waals surface area contributed by atoms with Crippen molar-refractivity contribution in [3.8, 4) is 0 Å². The maximum atomic E-state index is 13.3. The Morgan fingerprint density at radius 2 is 1.66 bits per heavy atom. The quantitative estimate of drug-likeness (QED) is 0.631. The second-order valence-electron chi connectivity index (χ2n) is 8.23. The van der Waals surface area contributed by atoms with E-state index in [0.717, 1.165) is 55.9 Å². The van der Waals surface area contributed by atoms with Crippen LogP contribution in [0.3, 0.4) is 0 Å². The average molecular weight is 475 g/mol. The maximum absolute atomic E-state index is 13.3. The normalized spacial score (nSPS) is 17.8. The van der Waals surface area contributed by atoms with Gasteiger partial charge in [0.1, 0.15) is 0 Å². The summed E-state index contributed by atoms with van der Waals surface area (Å²) in [6, 6.07) is 8.66. The highest BCUT2D eigenvalue weighted by molar-refractivity contribution is 7.98. The molecule has 2 saturated heterocycles. The number of aromatic nitrogens is 1. The minimum atomic E-state index is -3.63. The number of piperidine rings is 2. The zero-order chi connectivity index (χ0) is 22.6. The molecule has 3 heterocycles. The van der Waals surface area contributed by atoms with E-state index in [1.165, 1.54) is 18.2 Å². The largest absolute Gasteiger partial charge is 0.371 e. The summed E-state index contributed by atoms with van der Waals surface area (Å²) in [4.78, 5) is 20.0. The fourth-order valence-electron chi connectivity index (χ4n) is 4.30. The van der Waals surface area contributed by atoms with Gasteiger partial charge in [-0.3, -0.25) is 4.79 Å². The number of benzene rings is 1. The first-order valence-electron chi connectivity index (χ1n) is 11.2. The molecule has 1 aromatic heterocycles. The van der Waals surface area contributed by atoms with Crippen LogP contribution >= 0.6 is 11.8 Å². The molecule has 2 aliphatic rings. The van der Waals surface area contributed by atoms with Crippen LogP contribution in [0.5, 0.6) is 0 Å². The van der Waals surface area contributed by atoms with Gasteiger partial charge >= 0.3 is 0 Å². The molecule has 2 aromatic rings. The van der Waals surface area contributed by atoms with Gasteiger partial charge in [-0.05, 0) is 68.7 Å². The SMILES string of the molecule is CSc1ccc(NC(=O)c2cc(S(=O)(=O)N3CCCCC3)ccc2N2CCCCC2)cn1. The second-order valence-corrected chi connectivity index (χ2v) is 11.0. The molecule has 4 rings (SSSR count). The van der Waals surface area contributed by atoms with Crippen LogP contribution in [-0.2, 0) is 10.0 Å². The van der Waals surface area contributed by atoms with Crippen molar-refractivity contribution in [1.29, 1.82) is 0 Å². The third-order valence-electron chi connectivity index (χ3n) is 6.07. The first-order chi connectivity index (χ1) is 15.5. The zero-order valence-corrected chi connectivity index (χ0v) is 20.1. The number of carbonyl (C=O) groups is 1. The van der Waals surface area contributed by atoms with Crippen LogP contribution in [-0.4, -0.2) is 56.0 Å². The van der Waals surface area contributed by atoms with E-state index in [2.05, 4.69) is 15.2 Å². The summed E-state index contributed by atoms with van der Waals surface area (Å²) in [7, 11) is -3.63. The fourth-order valence-corrected chi connectivity index (χ4v) is 6.20. The van der Waals surface area contributed by atoms with E-state index in [0.29, 0.717) is 24.3 Å². The lowest BCUT2D eigenvalue weighted by Crippen LogP contribution is -2.36. The van der Waals surface area contributed by atoms with Crippen molar-refractivity contribution >= 4 is 39.1 Å². The molecule has 7 nitrogen and oxygen atoms in total. The highest BCUT2D eigenvalue weighted by atomic mass is 32.2. The molecule has 1 N–H and O–H groups in total. The van der Waals surface area contributed by atoms with Crippen molar-refractivity contribution in [2.24, 2.45) is 0 Å². The van der Waals surface area contributed by atoms with E-state index in [4.69, 9.17) is 0 Å². The number of nitrogens with one attached hydrogen (secondary N) is 1. The molecule has 0 saturated carbocycles. The third-order valence-corrected chi connectivity index (χ3v) is 8.62. The van der Waals surface area contributed by atoms with E-state index in [-0.39, 0.29) is 10.8 Å². The van der Waals surface area contributed by atoms with Crippen LogP contribution in [0.25, 0.3) is 0 Å². The van der Waals surface area contributed by atoms with Crippen molar-refractivity contribution in [3.05, 3.63) is 42.1 Å². The Kier molecular flexibility index (Phi) is 7.37. The Morgan fingerprint density at radius 1 is 0.969 bits per heavy atom. The Labute approximate surface area is 194 Å². The lowest BCUT2D eigenvalue weighted by atomic mass is 10.1. The van der Waals surface area contributed by atoms with Crippen LogP contribution in [0.2, 0.25) is 0 Å². The number of sulfonamides is 1. The van der Waals surface area contributed by atoms with Gasteiger partial charge < -0.3 is 10.2 Å². The molecule has 1 amide bonds. The number of pyridine rings is 1. The minimum Gasteiger partial charge on any atom is -0.371 e. The summed E-state index contributed by atoms with van der Waals surface area (Å²) in [6.07, 6.45) is 9.67. The van der Waals surface area contributed by atoms with Crippen LogP contribution in [0.15, 0.2) is 46.5 Å². The van der Waals surface area contributed by atoms with Gasteiger partial charge in [-0.15, -0.1) is 11.8 Å². The van der Waals surface area contributed by atoms with Gasteiger partial charge in [-0.1, -0.05) is 6.42 Å². The van der Waals surface area contributed by atoms with Crippen molar-refractivity contribution in [1.82, 2.24) is 9.29 Å². The zero-order valence-electron chi connectivity index (χ0n) is 18.4. The highest BCUT2D eigenvalue weighted by Crippen LogP contribution is 2.30. The molecule has 172 valence electrons. The van der Waals surface area contributed by atoms with E-state index in [1.54, 1.807) is 28.7 Å². The molecule has 0 bridgehead atoms. The number of carbonyl (C=O) groups excluding carboxylic acids is 1. The van der Waals surface area contributed by atoms with Crippen LogP contribution in [0.4, 0.5) is 11.4 Å². The van der Waals surface area contributed by atoms with Gasteiger partial charge in [-0.2, -0.15) is 4.31 Å². The predicted molar refractivity (Wildman–Crippen MR) is 129 cm³/mol. The Hall–Kier alpha value is -2.10. The first kappa shape index (κ1) is 23.1. The molecule has 2 fully saturated rings. The maximum Gasteiger partial charge on any atom is 0.257 e. The molecule has 9 heteroatoms. The van der Waals surface area contributed by atoms with E-state index < -0.39 is 10.0 Å². The monoisotopic (exact) mass is 474 g/mol. The summed E-state index contributed by atoms with van der Waals surface area (Å²) >= 11 is 1.53. The van der Waals surface area contributed by atoms with E-state index in [1.807, 2.05) is 18.4 Å². The molecule has 2 aliphatic heterocycles. The Bertz CT molecular complexity index is 1050. The number of nitrogens with zero attached hydrogens (tertiary/aromatic N) is 3. The van der Waals surface area contributed by atoms with E-state index >= 15 is 0 Å². The smallest absolute Gasteiger partial charge is 0.257 e. The van der Waals surface area contributed by atoms with Gasteiger partial charge in [0.2, 0.25) is 10.0 Å². The summed E-state index contributed by atoms with van der Waals surface area (Å²) in [5, 5.41) is 3.77. The topological polar surface area (TPSA) is 82.6 Å². The molecule has 0 aliphatic carbocycles. The Morgan fingerprint density at radius 3 is 2.28 bits per heavy atom. The summed E-state index contributed by atoms with van der Waals surface area (Å²) < 4.78 is 28.0. The molecule has 0 spiro atoms. The molecule has 0 radical (unpaired) electrons. The van der Waals surface area contributed by atoms with Crippen LogP contribution < -0.4 is 10.2 Å². The number of rotatable bonds is 6. The van der Waals surface area contributed by atoms with Gasteiger partial charge in [0.05, 0.1) is 27.4 Å². The highest BCUT2D eigenvalue weighted by Gasteiger charge is 2.28. The number of hydrogen-bond acceptors (Lipinski definition) is 6. The summed E-state index contributed by atoms with van der Waals surface area (Å²) in [5.74, 6) is -0.319. The van der Waals surface area contributed by atoms with Gasteiger partial charge in [0, 0.05) is 31.9 Å². The lowest BCUT2D eigenvalue weighted by molar-refractivity contribution is 0.102. The van der Waals surface area contributed by atoms with Crippen LogP contribution in [0.1, 0.15) is 48.9 Å². The second kappa shape index (κ2) is 10.2. The van der Waals surface area contributed by atoms with Gasteiger partial charge in [0.25, 0.3) is 5.91 Å². The van der Waals surface area contributed by atoms with Crippen molar-refractivity contribution in [2.45, 2.75) is 48.4 Å². The average Bonchev–Trinajstić information content (AvgIpc) is 2.85. The third kappa shape index (κ3) is 5.10. The number of thioether (sulfide) groups is 1. The molecule has 32 heavy (non-hydrogen) atoms. The van der Waals surface area contributed by atoms with E-state index in [9.17, 15) is 13.2 Å².